The van der Waals surface area contributed by atoms with E-state index in [1.54, 1.807) is 0 Å². The average Bonchev–Trinajstić information content (AvgIpc) is 2.88. The number of carbonyl (C=O) groups excluding carboxylic acids is 1. The molecule has 0 aliphatic carbocycles. The fraction of sp³-hybridized carbons (Fsp3) is 0.273. The highest BCUT2D eigenvalue weighted by Crippen LogP contribution is 2.27. The van der Waals surface area contributed by atoms with Crippen molar-refractivity contribution in [2.45, 2.75) is 0 Å². The lowest BCUT2D eigenvalue weighted by Crippen LogP contribution is -2.28. The number of benzene rings is 1. The number of ether oxygens (including phenoxy) is 1. The van der Waals surface area contributed by atoms with E-state index in [-0.39, 0.29) is 16.6 Å². The minimum atomic E-state index is -3.88. The molecule has 118 valence electrons. The predicted molar refractivity (Wildman–Crippen MR) is 75.7 cm³/mol. The molecule has 0 saturated carbocycles. The fourth-order valence-corrected chi connectivity index (χ4v) is 2.72. The second-order valence-corrected chi connectivity index (χ2v) is 6.46. The van der Waals surface area contributed by atoms with Gasteiger partial charge in [-0.25, -0.2) is 13.8 Å². The van der Waals surface area contributed by atoms with Crippen molar-refractivity contribution in [3.63, 3.8) is 0 Å². The number of nitrogens with zero attached hydrogens (tertiary/aromatic N) is 4. The lowest BCUT2D eigenvalue weighted by atomic mass is 10.1. The zero-order valence-electron chi connectivity index (χ0n) is 11.9. The summed E-state index contributed by atoms with van der Waals surface area (Å²) in [6.07, 6.45) is 1.02. The molecule has 0 spiro atoms. The molecule has 0 N–H and O–H groups in total. The van der Waals surface area contributed by atoms with Gasteiger partial charge in [-0.15, -0.1) is 0 Å². The first kappa shape index (κ1) is 15.9. The largest absolute Gasteiger partial charge is 0.465 e. The number of nitro benzene ring substituents is 1. The van der Waals surface area contributed by atoms with Crippen LogP contribution in [0.25, 0.3) is 11.0 Å². The number of rotatable bonds is 4. The molecule has 0 fully saturated rings. The Morgan fingerprint density at radius 2 is 2.05 bits per heavy atom. The predicted octanol–water partition coefficient (Wildman–Crippen LogP) is 0.386. The summed E-state index contributed by atoms with van der Waals surface area (Å²) in [7, 11) is -0.149. The van der Waals surface area contributed by atoms with Gasteiger partial charge in [-0.2, -0.15) is 12.7 Å². The van der Waals surface area contributed by atoms with Crippen molar-refractivity contribution in [2.24, 2.45) is 0 Å². The molecule has 1 aromatic carbocycles. The van der Waals surface area contributed by atoms with E-state index in [1.807, 2.05) is 0 Å². The van der Waals surface area contributed by atoms with Crippen LogP contribution >= 0.6 is 0 Å². The van der Waals surface area contributed by atoms with Gasteiger partial charge >= 0.3 is 16.2 Å². The van der Waals surface area contributed by atoms with Gasteiger partial charge in [-0.1, -0.05) is 0 Å². The van der Waals surface area contributed by atoms with Crippen LogP contribution in [0.3, 0.4) is 0 Å². The maximum atomic E-state index is 12.2. The Labute approximate surface area is 125 Å². The number of imidazole rings is 1. The molecule has 0 aliphatic heterocycles. The number of methoxy groups -OCH3 is 1. The molecule has 1 heterocycles. The van der Waals surface area contributed by atoms with Crippen LogP contribution in [0.5, 0.6) is 0 Å². The third-order valence-corrected chi connectivity index (χ3v) is 4.66. The van der Waals surface area contributed by atoms with Crippen LogP contribution in [-0.2, 0) is 14.9 Å². The first-order chi connectivity index (χ1) is 10.2. The Morgan fingerprint density at radius 1 is 1.41 bits per heavy atom. The zero-order valence-corrected chi connectivity index (χ0v) is 12.7. The number of aromatic nitrogens is 2. The summed E-state index contributed by atoms with van der Waals surface area (Å²) in [5, 5.41) is 11.0. The lowest BCUT2D eigenvalue weighted by Gasteiger charge is -2.12. The van der Waals surface area contributed by atoms with Crippen LogP contribution in [0.4, 0.5) is 5.69 Å². The van der Waals surface area contributed by atoms with Gasteiger partial charge in [-0.3, -0.25) is 10.1 Å². The van der Waals surface area contributed by atoms with Crippen molar-refractivity contribution in [1.29, 1.82) is 0 Å². The van der Waals surface area contributed by atoms with Gasteiger partial charge in [0.25, 0.3) is 5.69 Å². The number of nitro groups is 1. The van der Waals surface area contributed by atoms with E-state index in [0.29, 0.717) is 0 Å². The Morgan fingerprint density at radius 3 is 2.55 bits per heavy atom. The quantitative estimate of drug-likeness (QED) is 0.451. The Kier molecular flexibility index (Phi) is 3.85. The van der Waals surface area contributed by atoms with Crippen LogP contribution in [0.1, 0.15) is 10.4 Å². The highest BCUT2D eigenvalue weighted by atomic mass is 32.2. The van der Waals surface area contributed by atoms with E-state index in [4.69, 9.17) is 0 Å². The molecule has 1 aromatic heterocycles. The van der Waals surface area contributed by atoms with E-state index < -0.39 is 26.8 Å². The first-order valence-corrected chi connectivity index (χ1v) is 7.26. The summed E-state index contributed by atoms with van der Waals surface area (Å²) in [4.78, 5) is 25.8. The molecule has 2 rings (SSSR count). The topological polar surface area (TPSA) is 125 Å². The van der Waals surface area contributed by atoms with E-state index in [9.17, 15) is 23.3 Å². The highest BCUT2D eigenvalue weighted by Gasteiger charge is 2.26. The number of hydrogen-bond donors (Lipinski definition) is 0. The molecule has 0 atom stereocenters. The molecular weight excluding hydrogens is 316 g/mol. The fourth-order valence-electron chi connectivity index (χ4n) is 1.81. The Balaban J connectivity index is 2.83. The second kappa shape index (κ2) is 5.35. The third-order valence-electron chi connectivity index (χ3n) is 2.94. The number of carbonyl (C=O) groups is 1. The maximum Gasteiger partial charge on any atom is 0.344 e. The molecular formula is C11H12N4O6S. The van der Waals surface area contributed by atoms with E-state index >= 15 is 0 Å². The van der Waals surface area contributed by atoms with Crippen LogP contribution in [-0.4, -0.2) is 53.8 Å². The maximum absolute atomic E-state index is 12.2. The number of esters is 1. The van der Waals surface area contributed by atoms with Crippen molar-refractivity contribution in [1.82, 2.24) is 13.3 Å². The summed E-state index contributed by atoms with van der Waals surface area (Å²) in [6, 6.07) is 2.11. The standard InChI is InChI=1S/C11H12N4O6S/c1-13(2)22(19,20)14-6-12-8-5-9(15(17)18)7(4-10(8)14)11(16)21-3/h4-6H,1-3H3. The molecule has 22 heavy (non-hydrogen) atoms. The lowest BCUT2D eigenvalue weighted by molar-refractivity contribution is -0.385. The summed E-state index contributed by atoms with van der Waals surface area (Å²) in [5.41, 5.74) is -0.743. The number of fused-ring (bicyclic) bond motifs is 1. The summed E-state index contributed by atoms with van der Waals surface area (Å²) < 4.78 is 30.6. The van der Waals surface area contributed by atoms with Crippen molar-refractivity contribution in [3.05, 3.63) is 34.1 Å². The van der Waals surface area contributed by atoms with Crippen LogP contribution in [0.15, 0.2) is 18.5 Å². The van der Waals surface area contributed by atoms with Gasteiger partial charge in [0.15, 0.2) is 0 Å². The van der Waals surface area contributed by atoms with Gasteiger partial charge in [0, 0.05) is 20.2 Å². The summed E-state index contributed by atoms with van der Waals surface area (Å²) in [5.74, 6) is -0.941. The molecule has 2 aromatic rings. The van der Waals surface area contributed by atoms with E-state index in [1.165, 1.54) is 14.1 Å². The zero-order chi connectivity index (χ0) is 16.7. The molecule has 10 nitrogen and oxygen atoms in total. The molecule has 0 amide bonds. The molecule has 11 heteroatoms. The SMILES string of the molecule is COC(=O)c1cc2c(cc1[N+](=O)[O-])ncn2S(=O)(=O)N(C)C. The van der Waals surface area contributed by atoms with Crippen molar-refractivity contribution in [2.75, 3.05) is 21.2 Å². The molecule has 0 radical (unpaired) electrons. The molecule has 0 aliphatic rings. The smallest absolute Gasteiger partial charge is 0.344 e. The Bertz CT molecular complexity index is 870. The first-order valence-electron chi connectivity index (χ1n) is 5.87. The van der Waals surface area contributed by atoms with Crippen LogP contribution in [0, 0.1) is 10.1 Å². The average molecular weight is 328 g/mol. The third kappa shape index (κ3) is 2.40. The summed E-state index contributed by atoms with van der Waals surface area (Å²) in [6.45, 7) is 0. The Hall–Kier alpha value is -2.53. The molecule has 0 bridgehead atoms. The van der Waals surface area contributed by atoms with E-state index in [2.05, 4.69) is 9.72 Å². The monoisotopic (exact) mass is 328 g/mol. The number of hydrogen-bond acceptors (Lipinski definition) is 7. The van der Waals surface area contributed by atoms with Gasteiger partial charge in [-0.05, 0) is 6.07 Å². The second-order valence-electron chi connectivity index (χ2n) is 4.44. The minimum absolute atomic E-state index is 0.0414. The van der Waals surface area contributed by atoms with Crippen LogP contribution in [0.2, 0.25) is 0 Å². The van der Waals surface area contributed by atoms with Crippen molar-refractivity contribution >= 4 is 32.9 Å². The molecule has 0 unspecified atom stereocenters. The van der Waals surface area contributed by atoms with Crippen LogP contribution < -0.4 is 0 Å². The van der Waals surface area contributed by atoms with Gasteiger partial charge in [0.1, 0.15) is 11.9 Å². The van der Waals surface area contributed by atoms with Crippen molar-refractivity contribution < 1.29 is 22.9 Å². The van der Waals surface area contributed by atoms with Crippen molar-refractivity contribution in [3.8, 4) is 0 Å². The van der Waals surface area contributed by atoms with Gasteiger partial charge in [0.2, 0.25) is 0 Å². The highest BCUT2D eigenvalue weighted by molar-refractivity contribution is 7.87. The van der Waals surface area contributed by atoms with Gasteiger partial charge in [0.05, 0.1) is 23.1 Å². The normalized spacial score (nSPS) is 11.8. The summed E-state index contributed by atoms with van der Waals surface area (Å²) >= 11 is 0. The van der Waals surface area contributed by atoms with Gasteiger partial charge < -0.3 is 4.74 Å². The minimum Gasteiger partial charge on any atom is -0.465 e. The van der Waals surface area contributed by atoms with E-state index in [0.717, 1.165) is 33.8 Å². The molecule has 0 saturated heterocycles.